The van der Waals surface area contributed by atoms with E-state index in [2.05, 4.69) is 27.3 Å². The van der Waals surface area contributed by atoms with Crippen LogP contribution >= 0.6 is 0 Å². The van der Waals surface area contributed by atoms with Gasteiger partial charge in [-0.1, -0.05) is 31.4 Å². The molecule has 1 aromatic carbocycles. The number of phenolic OH excluding ortho intramolecular Hbond substituents is 1. The molecule has 0 spiro atoms. The number of rotatable bonds is 4. The Balaban J connectivity index is 1.45. The second-order valence-corrected chi connectivity index (χ2v) is 8.46. The van der Waals surface area contributed by atoms with E-state index in [1.54, 1.807) is 19.4 Å². The molecule has 5 nitrogen and oxygen atoms in total. The van der Waals surface area contributed by atoms with E-state index >= 15 is 0 Å². The van der Waals surface area contributed by atoms with Crippen molar-refractivity contribution in [3.63, 3.8) is 0 Å². The number of phenols is 1. The van der Waals surface area contributed by atoms with Crippen molar-refractivity contribution in [2.75, 3.05) is 7.11 Å². The van der Waals surface area contributed by atoms with Crippen LogP contribution in [0.5, 0.6) is 11.6 Å². The van der Waals surface area contributed by atoms with Crippen LogP contribution in [0.2, 0.25) is 0 Å². The van der Waals surface area contributed by atoms with Crippen LogP contribution in [-0.4, -0.2) is 27.4 Å². The van der Waals surface area contributed by atoms with Crippen LogP contribution in [0.4, 0.5) is 0 Å². The maximum absolute atomic E-state index is 10.8. The van der Waals surface area contributed by atoms with Gasteiger partial charge in [0.1, 0.15) is 5.75 Å². The SMILES string of the molecule is COc1cc(-c2ccc(-c3cc4c(nn3)C(C3CCCCC3)=CCC4)c(O)c2)ccn1. The van der Waals surface area contributed by atoms with E-state index < -0.39 is 0 Å². The topological polar surface area (TPSA) is 68.1 Å². The lowest BCUT2D eigenvalue weighted by Crippen LogP contribution is -2.14. The third-order valence-corrected chi connectivity index (χ3v) is 6.52. The van der Waals surface area contributed by atoms with Crippen molar-refractivity contribution in [3.8, 4) is 34.0 Å². The highest BCUT2D eigenvalue weighted by atomic mass is 16.5. The quantitative estimate of drug-likeness (QED) is 0.583. The molecule has 2 aliphatic rings. The standard InChI is InChI=1S/C26H27N3O2/c1-31-25-16-19(12-13-27-25)18-10-11-22(24(30)15-18)23-14-20-8-5-9-21(26(20)29-28-23)17-6-3-2-4-7-17/h9-17,30H,2-8H2,1H3. The number of benzene rings is 1. The van der Waals surface area contributed by atoms with Crippen LogP contribution in [0, 0.1) is 5.92 Å². The lowest BCUT2D eigenvalue weighted by atomic mass is 9.79. The van der Waals surface area contributed by atoms with Crippen LogP contribution < -0.4 is 4.74 Å². The fourth-order valence-corrected chi connectivity index (χ4v) is 4.88. The Morgan fingerprint density at radius 3 is 2.61 bits per heavy atom. The molecular formula is C26H27N3O2. The summed E-state index contributed by atoms with van der Waals surface area (Å²) in [4.78, 5) is 4.14. The Morgan fingerprint density at radius 2 is 1.81 bits per heavy atom. The number of allylic oxidation sites excluding steroid dienone is 2. The fourth-order valence-electron chi connectivity index (χ4n) is 4.88. The number of fused-ring (bicyclic) bond motifs is 1. The molecule has 1 saturated carbocycles. The summed E-state index contributed by atoms with van der Waals surface area (Å²) in [7, 11) is 1.59. The van der Waals surface area contributed by atoms with Gasteiger partial charge in [-0.05, 0) is 78.1 Å². The summed E-state index contributed by atoms with van der Waals surface area (Å²) in [5.74, 6) is 1.36. The summed E-state index contributed by atoms with van der Waals surface area (Å²) in [6.45, 7) is 0. The molecule has 5 heteroatoms. The minimum atomic E-state index is 0.196. The molecule has 0 bridgehead atoms. The van der Waals surface area contributed by atoms with Gasteiger partial charge in [-0.2, -0.15) is 0 Å². The van der Waals surface area contributed by atoms with E-state index in [0.717, 1.165) is 35.4 Å². The summed E-state index contributed by atoms with van der Waals surface area (Å²) >= 11 is 0. The number of hydrogen-bond acceptors (Lipinski definition) is 5. The number of aromatic nitrogens is 3. The van der Waals surface area contributed by atoms with Gasteiger partial charge in [0.2, 0.25) is 5.88 Å². The van der Waals surface area contributed by atoms with Crippen molar-refractivity contribution in [3.05, 3.63) is 59.9 Å². The zero-order valence-electron chi connectivity index (χ0n) is 17.8. The Hall–Kier alpha value is -3.21. The first kappa shape index (κ1) is 19.7. The fraction of sp³-hybridized carbons (Fsp3) is 0.346. The molecule has 0 radical (unpaired) electrons. The molecular weight excluding hydrogens is 386 g/mol. The average molecular weight is 414 g/mol. The molecule has 0 atom stereocenters. The number of aryl methyl sites for hydroxylation is 1. The summed E-state index contributed by atoms with van der Waals surface area (Å²) in [5.41, 5.74) is 6.97. The van der Waals surface area contributed by atoms with Crippen molar-refractivity contribution < 1.29 is 9.84 Å². The molecule has 2 aromatic heterocycles. The monoisotopic (exact) mass is 413 g/mol. The van der Waals surface area contributed by atoms with Gasteiger partial charge < -0.3 is 9.84 Å². The summed E-state index contributed by atoms with van der Waals surface area (Å²) < 4.78 is 5.21. The normalized spacial score (nSPS) is 16.5. The van der Waals surface area contributed by atoms with Crippen LogP contribution in [0.3, 0.4) is 0 Å². The zero-order chi connectivity index (χ0) is 21.2. The number of aromatic hydroxyl groups is 1. The number of methoxy groups -OCH3 is 1. The first-order chi connectivity index (χ1) is 15.2. The van der Waals surface area contributed by atoms with Crippen LogP contribution in [0.1, 0.15) is 49.8 Å². The van der Waals surface area contributed by atoms with Gasteiger partial charge in [-0.3, -0.25) is 0 Å². The van der Waals surface area contributed by atoms with Gasteiger partial charge >= 0.3 is 0 Å². The van der Waals surface area contributed by atoms with E-state index in [4.69, 9.17) is 4.74 Å². The van der Waals surface area contributed by atoms with Crippen LogP contribution in [0.15, 0.2) is 48.7 Å². The first-order valence-electron chi connectivity index (χ1n) is 11.1. The lowest BCUT2D eigenvalue weighted by molar-refractivity contribution is 0.398. The highest BCUT2D eigenvalue weighted by molar-refractivity contribution is 5.76. The van der Waals surface area contributed by atoms with Gasteiger partial charge in [0.15, 0.2) is 0 Å². The van der Waals surface area contributed by atoms with Gasteiger partial charge in [0, 0.05) is 17.8 Å². The molecule has 3 aromatic rings. The average Bonchev–Trinajstić information content (AvgIpc) is 2.84. The highest BCUT2D eigenvalue weighted by Crippen LogP contribution is 2.40. The number of hydrogen-bond donors (Lipinski definition) is 1. The van der Waals surface area contributed by atoms with Crippen LogP contribution in [0.25, 0.3) is 28.0 Å². The molecule has 0 amide bonds. The van der Waals surface area contributed by atoms with Crippen molar-refractivity contribution in [2.45, 2.75) is 44.9 Å². The van der Waals surface area contributed by atoms with E-state index in [1.807, 2.05) is 24.3 Å². The Morgan fingerprint density at radius 1 is 0.968 bits per heavy atom. The molecule has 31 heavy (non-hydrogen) atoms. The third-order valence-electron chi connectivity index (χ3n) is 6.52. The second-order valence-electron chi connectivity index (χ2n) is 8.46. The van der Waals surface area contributed by atoms with Crippen molar-refractivity contribution in [2.24, 2.45) is 5.92 Å². The summed E-state index contributed by atoms with van der Waals surface area (Å²) in [6.07, 6.45) is 12.6. The highest BCUT2D eigenvalue weighted by Gasteiger charge is 2.25. The maximum atomic E-state index is 10.8. The molecule has 158 valence electrons. The first-order valence-corrected chi connectivity index (χ1v) is 11.1. The molecule has 2 aliphatic carbocycles. The van der Waals surface area contributed by atoms with Gasteiger partial charge in [-0.25, -0.2) is 4.98 Å². The van der Waals surface area contributed by atoms with Crippen LogP contribution in [-0.2, 0) is 6.42 Å². The molecule has 0 saturated heterocycles. The molecule has 0 aliphatic heterocycles. The molecule has 5 rings (SSSR count). The van der Waals surface area contributed by atoms with E-state index in [0.29, 0.717) is 17.4 Å². The summed E-state index contributed by atoms with van der Waals surface area (Å²) in [6, 6.07) is 11.5. The smallest absolute Gasteiger partial charge is 0.213 e. The molecule has 2 heterocycles. The number of nitrogens with zero attached hydrogens (tertiary/aromatic N) is 3. The van der Waals surface area contributed by atoms with E-state index in [-0.39, 0.29) is 5.75 Å². The van der Waals surface area contributed by atoms with E-state index in [1.165, 1.54) is 43.2 Å². The molecule has 0 unspecified atom stereocenters. The molecule has 1 N–H and O–H groups in total. The molecule has 1 fully saturated rings. The Kier molecular flexibility index (Phi) is 5.41. The van der Waals surface area contributed by atoms with Crippen molar-refractivity contribution in [1.29, 1.82) is 0 Å². The van der Waals surface area contributed by atoms with Crippen molar-refractivity contribution >= 4 is 5.57 Å². The summed E-state index contributed by atoms with van der Waals surface area (Å²) in [5, 5.41) is 19.9. The third kappa shape index (κ3) is 3.92. The van der Waals surface area contributed by atoms with E-state index in [9.17, 15) is 5.11 Å². The predicted molar refractivity (Wildman–Crippen MR) is 122 cm³/mol. The van der Waals surface area contributed by atoms with Gasteiger partial charge in [-0.15, -0.1) is 10.2 Å². The van der Waals surface area contributed by atoms with Gasteiger partial charge in [0.05, 0.1) is 18.5 Å². The largest absolute Gasteiger partial charge is 0.507 e. The zero-order valence-corrected chi connectivity index (χ0v) is 17.8. The van der Waals surface area contributed by atoms with Gasteiger partial charge in [0.25, 0.3) is 0 Å². The Bertz CT molecular complexity index is 1130. The lowest BCUT2D eigenvalue weighted by Gasteiger charge is -2.27. The van der Waals surface area contributed by atoms with Crippen molar-refractivity contribution in [1.82, 2.24) is 15.2 Å². The maximum Gasteiger partial charge on any atom is 0.213 e. The second kappa shape index (κ2) is 8.50. The number of pyridine rings is 1. The minimum Gasteiger partial charge on any atom is -0.507 e. The Labute approximate surface area is 182 Å². The predicted octanol–water partition coefficient (Wildman–Crippen LogP) is 5.83. The number of ether oxygens (including phenoxy) is 1. The minimum absolute atomic E-state index is 0.196.